The number of fused-ring (bicyclic) bond motifs is 1. The zero-order chi connectivity index (χ0) is 26.4. The lowest BCUT2D eigenvalue weighted by molar-refractivity contribution is -0.123. The van der Waals surface area contributed by atoms with Crippen molar-refractivity contribution in [1.82, 2.24) is 19.4 Å². The van der Waals surface area contributed by atoms with Crippen molar-refractivity contribution in [2.45, 2.75) is 46.1 Å². The number of anilines is 1. The van der Waals surface area contributed by atoms with Gasteiger partial charge < -0.3 is 15.2 Å². The molecule has 0 aliphatic heterocycles. The first kappa shape index (κ1) is 27.1. The van der Waals surface area contributed by atoms with Gasteiger partial charge in [0.1, 0.15) is 16.7 Å². The zero-order valence-electron chi connectivity index (χ0n) is 20.9. The normalized spacial score (nSPS) is 11.5. The minimum atomic E-state index is -0.451. The van der Waals surface area contributed by atoms with E-state index in [1.165, 1.54) is 27.8 Å². The van der Waals surface area contributed by atoms with E-state index in [0.29, 0.717) is 41.6 Å². The van der Waals surface area contributed by atoms with Crippen molar-refractivity contribution in [3.05, 3.63) is 69.1 Å². The molecule has 3 heterocycles. The Balaban J connectivity index is 1.72. The highest BCUT2D eigenvalue weighted by Gasteiger charge is 2.16. The lowest BCUT2D eigenvalue weighted by Gasteiger charge is -2.11. The second kappa shape index (κ2) is 12.0. The summed E-state index contributed by atoms with van der Waals surface area (Å²) in [5, 5.41) is 2.85. The quantitative estimate of drug-likeness (QED) is 0.235. The highest BCUT2D eigenvalue weighted by atomic mass is 35.5. The fourth-order valence-electron chi connectivity index (χ4n) is 3.74. The third kappa shape index (κ3) is 6.81. The van der Waals surface area contributed by atoms with Crippen LogP contribution in [0.2, 0.25) is 5.15 Å². The monoisotopic (exact) mass is 515 g/mol. The predicted octanol–water partition coefficient (Wildman–Crippen LogP) is 4.52. The molecule has 0 unspecified atom stereocenters. The third-order valence-electron chi connectivity index (χ3n) is 5.57. The molecule has 0 spiro atoms. The van der Waals surface area contributed by atoms with Crippen LogP contribution in [0, 0.1) is 11.7 Å². The summed E-state index contributed by atoms with van der Waals surface area (Å²) in [5.41, 5.74) is 2.07. The summed E-state index contributed by atoms with van der Waals surface area (Å²) in [6, 6.07) is 4.78. The van der Waals surface area contributed by atoms with Crippen molar-refractivity contribution in [1.29, 1.82) is 0 Å². The third-order valence-corrected chi connectivity index (χ3v) is 5.90. The minimum Gasteiger partial charge on any atom is -0.355 e. The molecule has 0 bridgehead atoms. The standard InChI is InChI=1S/C26H31ClFN5O3/c1-16(2)12-18-19(28)14-29-21-13-17(30-25(18)21)15-33-22(27)11-10-20(26(33)36)31-23(34)8-6-5-7-9-24(35)32(3)4/h7,9-11,13-14,16,30H,5-6,8,12,15H2,1-4H3,(H,31,34)/b9-7+. The summed E-state index contributed by atoms with van der Waals surface area (Å²) in [6.07, 6.45) is 6.24. The molecule has 0 atom stereocenters. The number of aromatic amines is 1. The fourth-order valence-corrected chi connectivity index (χ4v) is 3.94. The van der Waals surface area contributed by atoms with Crippen molar-refractivity contribution in [2.24, 2.45) is 5.92 Å². The van der Waals surface area contributed by atoms with Crippen LogP contribution < -0.4 is 10.9 Å². The molecule has 2 amide bonds. The van der Waals surface area contributed by atoms with Gasteiger partial charge in [-0.3, -0.25) is 23.9 Å². The van der Waals surface area contributed by atoms with E-state index in [1.54, 1.807) is 32.3 Å². The van der Waals surface area contributed by atoms with E-state index in [-0.39, 0.29) is 47.4 Å². The number of carbonyl (C=O) groups is 2. The second-order valence-corrected chi connectivity index (χ2v) is 9.66. The number of allylic oxidation sites excluding steroid dienone is 1. The Bertz CT molecular complexity index is 1340. The Morgan fingerprint density at radius 1 is 1.31 bits per heavy atom. The van der Waals surface area contributed by atoms with E-state index < -0.39 is 5.56 Å². The van der Waals surface area contributed by atoms with Gasteiger partial charge in [-0.15, -0.1) is 0 Å². The van der Waals surface area contributed by atoms with E-state index >= 15 is 0 Å². The first-order valence-corrected chi connectivity index (χ1v) is 12.2. The highest BCUT2D eigenvalue weighted by Crippen LogP contribution is 2.24. The summed E-state index contributed by atoms with van der Waals surface area (Å²) in [7, 11) is 3.33. The van der Waals surface area contributed by atoms with Crippen molar-refractivity contribution in [3.63, 3.8) is 0 Å². The maximum absolute atomic E-state index is 14.4. The number of unbranched alkanes of at least 4 members (excludes halogenated alkanes) is 1. The molecule has 0 saturated heterocycles. The highest BCUT2D eigenvalue weighted by molar-refractivity contribution is 6.29. The molecule has 192 valence electrons. The van der Waals surface area contributed by atoms with Gasteiger partial charge >= 0.3 is 0 Å². The zero-order valence-corrected chi connectivity index (χ0v) is 21.7. The Kier molecular flexibility index (Phi) is 9.03. The van der Waals surface area contributed by atoms with Crippen molar-refractivity contribution < 1.29 is 14.0 Å². The summed E-state index contributed by atoms with van der Waals surface area (Å²) in [5.74, 6) is -0.542. The molecule has 0 radical (unpaired) electrons. The van der Waals surface area contributed by atoms with Crippen LogP contribution in [0.15, 0.2) is 41.3 Å². The van der Waals surface area contributed by atoms with Crippen LogP contribution in [-0.2, 0) is 22.6 Å². The van der Waals surface area contributed by atoms with Crippen molar-refractivity contribution in [2.75, 3.05) is 19.4 Å². The molecule has 10 heteroatoms. The number of hydrogen-bond donors (Lipinski definition) is 2. The van der Waals surface area contributed by atoms with Crippen LogP contribution in [-0.4, -0.2) is 45.3 Å². The molecule has 2 N–H and O–H groups in total. The number of hydrogen-bond acceptors (Lipinski definition) is 4. The molecule has 3 aromatic rings. The van der Waals surface area contributed by atoms with Gasteiger partial charge in [0, 0.05) is 31.8 Å². The average Bonchev–Trinajstić information content (AvgIpc) is 3.23. The molecule has 0 saturated carbocycles. The molecular formula is C26H31ClFN5O3. The maximum atomic E-state index is 14.4. The average molecular weight is 516 g/mol. The summed E-state index contributed by atoms with van der Waals surface area (Å²) < 4.78 is 15.7. The van der Waals surface area contributed by atoms with Gasteiger partial charge in [0.2, 0.25) is 11.8 Å². The number of pyridine rings is 2. The minimum absolute atomic E-state index is 0.102. The van der Waals surface area contributed by atoms with Crippen molar-refractivity contribution >= 4 is 40.1 Å². The van der Waals surface area contributed by atoms with Crippen LogP contribution in [0.5, 0.6) is 0 Å². The Morgan fingerprint density at radius 3 is 2.75 bits per heavy atom. The van der Waals surface area contributed by atoms with E-state index in [0.717, 1.165) is 0 Å². The number of H-pyrrole nitrogens is 1. The largest absolute Gasteiger partial charge is 0.355 e. The van der Waals surface area contributed by atoms with Crippen LogP contribution in [0.1, 0.15) is 44.4 Å². The molecular weight excluding hydrogens is 485 g/mol. The van der Waals surface area contributed by atoms with Gasteiger partial charge in [-0.05, 0) is 49.5 Å². The Hall–Kier alpha value is -3.46. The van der Waals surface area contributed by atoms with Gasteiger partial charge in [0.15, 0.2) is 0 Å². The predicted molar refractivity (Wildman–Crippen MR) is 140 cm³/mol. The van der Waals surface area contributed by atoms with Gasteiger partial charge in [-0.1, -0.05) is 31.5 Å². The second-order valence-electron chi connectivity index (χ2n) is 9.27. The van der Waals surface area contributed by atoms with Crippen LogP contribution in [0.3, 0.4) is 0 Å². The summed E-state index contributed by atoms with van der Waals surface area (Å²) in [6.45, 7) is 4.13. The molecule has 3 rings (SSSR count). The SMILES string of the molecule is CC(C)Cc1c(F)cnc2cc(Cn3c(Cl)ccc(NC(=O)CCC/C=C/C(=O)N(C)C)c3=O)[nH]c12. The van der Waals surface area contributed by atoms with E-state index in [4.69, 9.17) is 11.6 Å². The molecule has 0 aliphatic rings. The first-order valence-electron chi connectivity index (χ1n) is 11.8. The van der Waals surface area contributed by atoms with Crippen LogP contribution in [0.25, 0.3) is 11.0 Å². The van der Waals surface area contributed by atoms with E-state index in [9.17, 15) is 18.8 Å². The van der Waals surface area contributed by atoms with Gasteiger partial charge in [0.25, 0.3) is 5.56 Å². The molecule has 8 nitrogen and oxygen atoms in total. The molecule has 0 aliphatic carbocycles. The van der Waals surface area contributed by atoms with Gasteiger partial charge in [-0.2, -0.15) is 0 Å². The lowest BCUT2D eigenvalue weighted by Crippen LogP contribution is -2.26. The fraction of sp³-hybridized carbons (Fsp3) is 0.385. The Labute approximate surface area is 214 Å². The van der Waals surface area contributed by atoms with Crippen molar-refractivity contribution in [3.8, 4) is 0 Å². The van der Waals surface area contributed by atoms with E-state index in [1.807, 2.05) is 13.8 Å². The molecule has 36 heavy (non-hydrogen) atoms. The number of aromatic nitrogens is 3. The summed E-state index contributed by atoms with van der Waals surface area (Å²) >= 11 is 6.30. The summed E-state index contributed by atoms with van der Waals surface area (Å²) in [4.78, 5) is 45.7. The Morgan fingerprint density at radius 2 is 2.06 bits per heavy atom. The smallest absolute Gasteiger partial charge is 0.275 e. The number of carbonyl (C=O) groups excluding carboxylic acids is 2. The first-order chi connectivity index (χ1) is 17.1. The van der Waals surface area contributed by atoms with Crippen LogP contribution >= 0.6 is 11.6 Å². The molecule has 0 aromatic carbocycles. The number of rotatable bonds is 10. The number of amides is 2. The topological polar surface area (TPSA) is 100 Å². The number of nitrogens with one attached hydrogen (secondary N) is 2. The van der Waals surface area contributed by atoms with E-state index in [2.05, 4.69) is 15.3 Å². The van der Waals surface area contributed by atoms with Gasteiger partial charge in [0.05, 0.1) is 23.8 Å². The maximum Gasteiger partial charge on any atom is 0.275 e. The van der Waals surface area contributed by atoms with Gasteiger partial charge in [-0.25, -0.2) is 4.39 Å². The number of halogens is 2. The molecule has 0 fully saturated rings. The number of nitrogens with zero attached hydrogens (tertiary/aromatic N) is 3. The lowest BCUT2D eigenvalue weighted by atomic mass is 10.0. The van der Waals surface area contributed by atoms with Crippen LogP contribution in [0.4, 0.5) is 10.1 Å². The number of likely N-dealkylation sites (N-methyl/N-ethyl adjacent to an activating group) is 1. The molecule has 3 aromatic heterocycles.